The van der Waals surface area contributed by atoms with E-state index in [1.54, 1.807) is 19.3 Å². The number of hydrogen-bond donors (Lipinski definition) is 2. The van der Waals surface area contributed by atoms with E-state index in [2.05, 4.69) is 0 Å². The van der Waals surface area contributed by atoms with Gasteiger partial charge in [0.25, 0.3) is 0 Å². The van der Waals surface area contributed by atoms with Gasteiger partial charge in [0.1, 0.15) is 5.76 Å². The molecule has 1 unspecified atom stereocenters. The van der Waals surface area contributed by atoms with Crippen molar-refractivity contribution in [3.05, 3.63) is 23.6 Å². The normalized spacial score (nSPS) is 25.2. The minimum Gasteiger partial charge on any atom is -0.497 e. The van der Waals surface area contributed by atoms with Crippen molar-refractivity contribution in [3.63, 3.8) is 0 Å². The topological polar surface area (TPSA) is 55.5 Å². The van der Waals surface area contributed by atoms with Crippen molar-refractivity contribution in [2.75, 3.05) is 7.11 Å². The molecule has 1 aliphatic carbocycles. The first-order chi connectivity index (χ1) is 4.74. The van der Waals surface area contributed by atoms with Crippen LogP contribution in [0.1, 0.15) is 6.42 Å². The first-order valence-corrected chi connectivity index (χ1v) is 3.13. The highest BCUT2D eigenvalue weighted by atomic mass is 16.5. The van der Waals surface area contributed by atoms with E-state index in [4.69, 9.17) is 15.6 Å². The maximum absolute atomic E-state index is 9.10. The van der Waals surface area contributed by atoms with E-state index in [1.807, 2.05) is 0 Å². The van der Waals surface area contributed by atoms with Crippen molar-refractivity contribution in [1.82, 2.24) is 0 Å². The Kier molecular flexibility index (Phi) is 1.97. The van der Waals surface area contributed by atoms with Gasteiger partial charge in [-0.25, -0.2) is 0 Å². The van der Waals surface area contributed by atoms with Crippen LogP contribution in [0.2, 0.25) is 0 Å². The van der Waals surface area contributed by atoms with Crippen LogP contribution in [0.25, 0.3) is 0 Å². The molecule has 0 saturated carbocycles. The van der Waals surface area contributed by atoms with Crippen molar-refractivity contribution in [2.45, 2.75) is 12.5 Å². The summed E-state index contributed by atoms with van der Waals surface area (Å²) in [5.74, 6) is 0.725. The first kappa shape index (κ1) is 7.15. The Labute approximate surface area is 59.8 Å². The third-order valence-electron chi connectivity index (χ3n) is 1.47. The van der Waals surface area contributed by atoms with E-state index in [0.29, 0.717) is 12.1 Å². The Balaban J connectivity index is 2.69. The first-order valence-electron chi connectivity index (χ1n) is 3.13. The zero-order valence-corrected chi connectivity index (χ0v) is 5.87. The van der Waals surface area contributed by atoms with Crippen LogP contribution < -0.4 is 5.73 Å². The number of aliphatic hydroxyl groups excluding tert-OH is 1. The van der Waals surface area contributed by atoms with Gasteiger partial charge >= 0.3 is 0 Å². The molecule has 0 aliphatic heterocycles. The summed E-state index contributed by atoms with van der Waals surface area (Å²) in [6.07, 6.45) is 3.46. The van der Waals surface area contributed by atoms with E-state index in [9.17, 15) is 0 Å². The fraction of sp³-hybridized carbons (Fsp3) is 0.429. The van der Waals surface area contributed by atoms with Gasteiger partial charge in [-0.15, -0.1) is 0 Å². The highest BCUT2D eigenvalue weighted by Gasteiger charge is 2.11. The summed E-state index contributed by atoms with van der Waals surface area (Å²) >= 11 is 0. The van der Waals surface area contributed by atoms with Crippen LogP contribution in [0.4, 0.5) is 0 Å². The van der Waals surface area contributed by atoms with Gasteiger partial charge in [0, 0.05) is 18.2 Å². The van der Waals surface area contributed by atoms with E-state index in [-0.39, 0.29) is 0 Å². The maximum atomic E-state index is 9.10. The standard InChI is InChI=1S/C7H11NO2/c1-10-5-2-3-7(9)6(8)4-5/h2,4,7,9H,3,8H2,1H3. The fourth-order valence-electron chi connectivity index (χ4n) is 0.826. The molecular formula is C7H11NO2. The lowest BCUT2D eigenvalue weighted by atomic mass is 10.1. The molecule has 3 heteroatoms. The average Bonchev–Trinajstić information content (AvgIpc) is 1.95. The van der Waals surface area contributed by atoms with Crippen LogP contribution in [0.5, 0.6) is 0 Å². The molecule has 0 fully saturated rings. The molecule has 0 aromatic heterocycles. The fourth-order valence-corrected chi connectivity index (χ4v) is 0.826. The van der Waals surface area contributed by atoms with Gasteiger partial charge in [-0.05, 0) is 6.08 Å². The zero-order chi connectivity index (χ0) is 7.56. The van der Waals surface area contributed by atoms with Gasteiger partial charge in [0.2, 0.25) is 0 Å². The molecule has 10 heavy (non-hydrogen) atoms. The van der Waals surface area contributed by atoms with Crippen molar-refractivity contribution in [1.29, 1.82) is 0 Å². The lowest BCUT2D eigenvalue weighted by Crippen LogP contribution is -2.19. The molecule has 1 rings (SSSR count). The third-order valence-corrected chi connectivity index (χ3v) is 1.47. The van der Waals surface area contributed by atoms with Gasteiger partial charge < -0.3 is 15.6 Å². The van der Waals surface area contributed by atoms with Crippen LogP contribution in [-0.2, 0) is 4.74 Å². The Bertz CT molecular complexity index is 184. The lowest BCUT2D eigenvalue weighted by Gasteiger charge is -2.14. The number of rotatable bonds is 1. The molecule has 0 aromatic rings. The molecular weight excluding hydrogens is 130 g/mol. The minimum absolute atomic E-state index is 0.472. The van der Waals surface area contributed by atoms with Crippen LogP contribution in [0.3, 0.4) is 0 Å². The Morgan fingerprint density at radius 3 is 3.00 bits per heavy atom. The van der Waals surface area contributed by atoms with Crippen LogP contribution >= 0.6 is 0 Å². The molecule has 1 atom stereocenters. The van der Waals surface area contributed by atoms with Crippen LogP contribution in [0, 0.1) is 0 Å². The second-order valence-corrected chi connectivity index (χ2v) is 2.21. The SMILES string of the molecule is COC1=CCC(O)C(N)=C1. The van der Waals surface area contributed by atoms with Crippen molar-refractivity contribution >= 4 is 0 Å². The molecule has 0 bridgehead atoms. The molecule has 56 valence electrons. The number of methoxy groups -OCH3 is 1. The molecule has 0 heterocycles. The smallest absolute Gasteiger partial charge is 0.116 e. The van der Waals surface area contributed by atoms with Crippen molar-refractivity contribution in [2.24, 2.45) is 5.73 Å². The lowest BCUT2D eigenvalue weighted by molar-refractivity contribution is 0.203. The highest BCUT2D eigenvalue weighted by Crippen LogP contribution is 2.13. The molecule has 3 nitrogen and oxygen atoms in total. The minimum atomic E-state index is -0.529. The molecule has 1 aliphatic rings. The molecule has 0 radical (unpaired) electrons. The third kappa shape index (κ3) is 1.30. The summed E-state index contributed by atoms with van der Waals surface area (Å²) in [4.78, 5) is 0. The van der Waals surface area contributed by atoms with E-state index < -0.39 is 6.10 Å². The van der Waals surface area contributed by atoms with Crippen molar-refractivity contribution in [3.8, 4) is 0 Å². The monoisotopic (exact) mass is 141 g/mol. The van der Waals surface area contributed by atoms with Crippen molar-refractivity contribution < 1.29 is 9.84 Å². The summed E-state index contributed by atoms with van der Waals surface area (Å²) < 4.78 is 4.90. The van der Waals surface area contributed by atoms with Gasteiger partial charge in [-0.1, -0.05) is 0 Å². The predicted molar refractivity (Wildman–Crippen MR) is 38.0 cm³/mol. The molecule has 0 amide bonds. The number of hydrogen-bond acceptors (Lipinski definition) is 3. The van der Waals surface area contributed by atoms with Gasteiger partial charge in [-0.2, -0.15) is 0 Å². The van der Waals surface area contributed by atoms with Gasteiger partial charge in [0.15, 0.2) is 0 Å². The molecule has 0 aromatic carbocycles. The average molecular weight is 141 g/mol. The number of nitrogens with two attached hydrogens (primary N) is 1. The van der Waals surface area contributed by atoms with Gasteiger partial charge in [0.05, 0.1) is 13.2 Å². The maximum Gasteiger partial charge on any atom is 0.116 e. The summed E-state index contributed by atoms with van der Waals surface area (Å²) in [7, 11) is 1.58. The Morgan fingerprint density at radius 2 is 2.50 bits per heavy atom. The summed E-state index contributed by atoms with van der Waals surface area (Å²) in [6, 6.07) is 0. The Morgan fingerprint density at radius 1 is 1.80 bits per heavy atom. The van der Waals surface area contributed by atoms with Crippen LogP contribution in [-0.4, -0.2) is 18.3 Å². The van der Waals surface area contributed by atoms with E-state index >= 15 is 0 Å². The Hall–Kier alpha value is -0.960. The summed E-state index contributed by atoms with van der Waals surface area (Å²) in [6.45, 7) is 0. The quantitative estimate of drug-likeness (QED) is 0.545. The van der Waals surface area contributed by atoms with E-state index in [0.717, 1.165) is 5.76 Å². The zero-order valence-electron chi connectivity index (χ0n) is 5.87. The van der Waals surface area contributed by atoms with Gasteiger partial charge in [-0.3, -0.25) is 0 Å². The predicted octanol–water partition coefficient (Wildman–Crippen LogP) is 0.124. The summed E-state index contributed by atoms with van der Waals surface area (Å²) in [5.41, 5.74) is 5.91. The molecule has 0 saturated heterocycles. The summed E-state index contributed by atoms with van der Waals surface area (Å²) in [5, 5.41) is 9.10. The molecule has 3 N–H and O–H groups in total. The second-order valence-electron chi connectivity index (χ2n) is 2.21. The highest BCUT2D eigenvalue weighted by molar-refractivity contribution is 5.24. The van der Waals surface area contributed by atoms with E-state index in [1.165, 1.54) is 0 Å². The number of allylic oxidation sites excluding steroid dienone is 1. The largest absolute Gasteiger partial charge is 0.497 e. The number of ether oxygens (including phenoxy) is 1. The number of aliphatic hydroxyl groups is 1. The second kappa shape index (κ2) is 2.75. The van der Waals surface area contributed by atoms with Crippen LogP contribution in [0.15, 0.2) is 23.6 Å². The molecule has 0 spiro atoms.